The van der Waals surface area contributed by atoms with Crippen molar-refractivity contribution in [2.24, 2.45) is 0 Å². The summed E-state index contributed by atoms with van der Waals surface area (Å²) in [4.78, 5) is 22.5. The van der Waals surface area contributed by atoms with E-state index in [1.54, 1.807) is 0 Å². The van der Waals surface area contributed by atoms with Crippen LogP contribution in [-0.2, 0) is 9.59 Å². The molecule has 1 aromatic rings. The lowest BCUT2D eigenvalue weighted by atomic mass is 10.3. The fourth-order valence-corrected chi connectivity index (χ4v) is 1.88. The van der Waals surface area contributed by atoms with Crippen molar-refractivity contribution in [3.8, 4) is 0 Å². The highest BCUT2D eigenvalue weighted by Crippen LogP contribution is 2.25. The van der Waals surface area contributed by atoms with Crippen molar-refractivity contribution >= 4 is 28.2 Å². The molecule has 0 fully saturated rings. The van der Waals surface area contributed by atoms with Crippen LogP contribution in [0.5, 0.6) is 0 Å². The standard InChI is InChI=1S/C10H11NO3S/c1-6-5-9(15-7(6)2)11-8(12)3-4-10(13)14/h3-5H,1-2H3,(H,11,12)(H,13,14)/b4-3+. The van der Waals surface area contributed by atoms with Crippen molar-refractivity contribution in [3.05, 3.63) is 28.7 Å². The molecule has 0 unspecified atom stereocenters. The summed E-state index contributed by atoms with van der Waals surface area (Å²) in [5.41, 5.74) is 1.11. The lowest BCUT2D eigenvalue weighted by Crippen LogP contribution is -2.07. The molecule has 1 rings (SSSR count). The maximum Gasteiger partial charge on any atom is 0.328 e. The minimum absolute atomic E-state index is 0.432. The third-order valence-corrected chi connectivity index (χ3v) is 2.86. The normalized spacial score (nSPS) is 10.5. The first-order chi connectivity index (χ1) is 6.99. The minimum Gasteiger partial charge on any atom is -0.478 e. The van der Waals surface area contributed by atoms with Gasteiger partial charge in [-0.25, -0.2) is 4.79 Å². The Hall–Kier alpha value is -1.62. The fraction of sp³-hybridized carbons (Fsp3) is 0.200. The predicted molar refractivity (Wildman–Crippen MR) is 59.2 cm³/mol. The van der Waals surface area contributed by atoms with Crippen molar-refractivity contribution in [2.45, 2.75) is 13.8 Å². The first kappa shape index (κ1) is 11.5. The summed E-state index contributed by atoms with van der Waals surface area (Å²) in [5, 5.41) is 11.6. The van der Waals surface area contributed by atoms with Crippen LogP contribution < -0.4 is 5.32 Å². The van der Waals surface area contributed by atoms with Crippen LogP contribution in [-0.4, -0.2) is 17.0 Å². The molecule has 0 atom stereocenters. The molecule has 2 N–H and O–H groups in total. The molecule has 1 aromatic heterocycles. The zero-order chi connectivity index (χ0) is 11.4. The topological polar surface area (TPSA) is 66.4 Å². The van der Waals surface area contributed by atoms with Gasteiger partial charge in [-0.3, -0.25) is 4.79 Å². The van der Waals surface area contributed by atoms with E-state index in [-0.39, 0.29) is 0 Å². The molecule has 0 aliphatic heterocycles. The zero-order valence-electron chi connectivity index (χ0n) is 8.40. The van der Waals surface area contributed by atoms with Crippen molar-refractivity contribution in [3.63, 3.8) is 0 Å². The Morgan fingerprint density at radius 2 is 2.07 bits per heavy atom. The second kappa shape index (κ2) is 4.75. The van der Waals surface area contributed by atoms with Crippen molar-refractivity contribution in [1.82, 2.24) is 0 Å². The molecule has 0 aliphatic rings. The van der Waals surface area contributed by atoms with Gasteiger partial charge < -0.3 is 10.4 Å². The number of carbonyl (C=O) groups is 2. The fourth-order valence-electron chi connectivity index (χ4n) is 0.945. The predicted octanol–water partition coefficient (Wildman–Crippen LogP) is 1.94. The van der Waals surface area contributed by atoms with Crippen molar-refractivity contribution in [2.75, 3.05) is 5.32 Å². The number of rotatable bonds is 3. The lowest BCUT2D eigenvalue weighted by molar-refractivity contribution is -0.131. The second-order valence-electron chi connectivity index (χ2n) is 3.01. The summed E-state index contributed by atoms with van der Waals surface area (Å²) in [6.07, 6.45) is 1.80. The van der Waals surface area contributed by atoms with E-state index in [0.29, 0.717) is 0 Å². The summed E-state index contributed by atoms with van der Waals surface area (Å²) >= 11 is 1.46. The highest BCUT2D eigenvalue weighted by molar-refractivity contribution is 7.16. The van der Waals surface area contributed by atoms with Crippen LogP contribution >= 0.6 is 11.3 Å². The van der Waals surface area contributed by atoms with Gasteiger partial charge in [0.1, 0.15) is 0 Å². The van der Waals surface area contributed by atoms with Gasteiger partial charge in [0, 0.05) is 17.0 Å². The molecule has 1 heterocycles. The first-order valence-corrected chi connectivity index (χ1v) is 5.09. The molecule has 0 radical (unpaired) electrons. The van der Waals surface area contributed by atoms with Crippen molar-refractivity contribution < 1.29 is 14.7 Å². The maximum atomic E-state index is 11.2. The summed E-state index contributed by atoms with van der Waals surface area (Å²) < 4.78 is 0. The van der Waals surface area contributed by atoms with Gasteiger partial charge in [-0.1, -0.05) is 0 Å². The van der Waals surface area contributed by atoms with Crippen LogP contribution in [0.4, 0.5) is 5.00 Å². The highest BCUT2D eigenvalue weighted by Gasteiger charge is 2.03. The molecule has 4 nitrogen and oxygen atoms in total. The van der Waals surface area contributed by atoms with Crippen molar-refractivity contribution in [1.29, 1.82) is 0 Å². The monoisotopic (exact) mass is 225 g/mol. The molecule has 0 saturated carbocycles. The molecule has 0 bridgehead atoms. The quantitative estimate of drug-likeness (QED) is 0.772. The first-order valence-electron chi connectivity index (χ1n) is 4.28. The van der Waals surface area contributed by atoms with Gasteiger partial charge in [-0.2, -0.15) is 0 Å². The SMILES string of the molecule is Cc1cc(NC(=O)/C=C/C(=O)O)sc1C. The molecular formula is C10H11NO3S. The van der Waals surface area contributed by atoms with Crippen LogP contribution in [0.15, 0.2) is 18.2 Å². The number of aliphatic carboxylic acids is 1. The number of amides is 1. The van der Waals surface area contributed by atoms with Gasteiger partial charge in [-0.05, 0) is 25.5 Å². The summed E-state index contributed by atoms with van der Waals surface area (Å²) in [5.74, 6) is -1.57. The second-order valence-corrected chi connectivity index (χ2v) is 4.27. The number of carbonyl (C=O) groups excluding carboxylic acids is 1. The number of aryl methyl sites for hydroxylation is 2. The zero-order valence-corrected chi connectivity index (χ0v) is 9.22. The molecule has 5 heteroatoms. The van der Waals surface area contributed by atoms with E-state index >= 15 is 0 Å². The molecule has 0 aliphatic carbocycles. The van der Waals surface area contributed by atoms with E-state index in [1.807, 2.05) is 19.9 Å². The largest absolute Gasteiger partial charge is 0.478 e. The average molecular weight is 225 g/mol. The molecule has 0 spiro atoms. The third kappa shape index (κ3) is 3.55. The number of carboxylic acids is 1. The van der Waals surface area contributed by atoms with Gasteiger partial charge in [0.2, 0.25) is 5.91 Å². The van der Waals surface area contributed by atoms with E-state index in [1.165, 1.54) is 11.3 Å². The number of anilines is 1. The number of nitrogens with one attached hydrogen (secondary N) is 1. The lowest BCUT2D eigenvalue weighted by Gasteiger charge is -1.95. The Balaban J connectivity index is 2.63. The molecule has 0 aromatic carbocycles. The van der Waals surface area contributed by atoms with E-state index < -0.39 is 11.9 Å². The summed E-state index contributed by atoms with van der Waals surface area (Å²) in [7, 11) is 0. The Morgan fingerprint density at radius 3 is 2.53 bits per heavy atom. The summed E-state index contributed by atoms with van der Waals surface area (Å²) in [6, 6.07) is 1.85. The number of thiophene rings is 1. The van der Waals surface area contributed by atoms with Gasteiger partial charge >= 0.3 is 5.97 Å². The number of hydrogen-bond acceptors (Lipinski definition) is 3. The van der Waals surface area contributed by atoms with E-state index in [0.717, 1.165) is 27.6 Å². The Bertz CT molecular complexity index is 401. The molecule has 1 amide bonds. The highest BCUT2D eigenvalue weighted by atomic mass is 32.1. The summed E-state index contributed by atoms with van der Waals surface area (Å²) in [6.45, 7) is 3.91. The Kier molecular flexibility index (Phi) is 3.62. The molecule has 0 saturated heterocycles. The third-order valence-electron chi connectivity index (χ3n) is 1.79. The van der Waals surface area contributed by atoms with Crippen LogP contribution in [0.1, 0.15) is 10.4 Å². The number of hydrogen-bond donors (Lipinski definition) is 2. The molecular weight excluding hydrogens is 214 g/mol. The maximum absolute atomic E-state index is 11.2. The average Bonchev–Trinajstić information content (AvgIpc) is 2.42. The van der Waals surface area contributed by atoms with Crippen LogP contribution in [0.25, 0.3) is 0 Å². The van der Waals surface area contributed by atoms with Crippen LogP contribution in [0, 0.1) is 13.8 Å². The smallest absolute Gasteiger partial charge is 0.328 e. The Labute approximate surface area is 91.2 Å². The van der Waals surface area contributed by atoms with Gasteiger partial charge in [0.25, 0.3) is 0 Å². The van der Waals surface area contributed by atoms with E-state index in [9.17, 15) is 9.59 Å². The van der Waals surface area contributed by atoms with Crippen LogP contribution in [0.3, 0.4) is 0 Å². The Morgan fingerprint density at radius 1 is 1.40 bits per heavy atom. The number of carboxylic acid groups (broad SMARTS) is 1. The molecule has 15 heavy (non-hydrogen) atoms. The van der Waals surface area contributed by atoms with Gasteiger partial charge in [0.05, 0.1) is 5.00 Å². The van der Waals surface area contributed by atoms with Gasteiger partial charge in [-0.15, -0.1) is 11.3 Å². The minimum atomic E-state index is -1.14. The van der Waals surface area contributed by atoms with Gasteiger partial charge in [0.15, 0.2) is 0 Å². The van der Waals surface area contributed by atoms with Crippen LogP contribution in [0.2, 0.25) is 0 Å². The van der Waals surface area contributed by atoms with E-state index in [2.05, 4.69) is 5.32 Å². The van der Waals surface area contributed by atoms with E-state index in [4.69, 9.17) is 5.11 Å². The molecule has 80 valence electrons.